The molecule has 1 N–H and O–H groups in total. The lowest BCUT2D eigenvalue weighted by Gasteiger charge is -2.33. The first-order valence-corrected chi connectivity index (χ1v) is 5.44. The van der Waals surface area contributed by atoms with Gasteiger partial charge in [0.2, 0.25) is 0 Å². The number of halogens is 2. The van der Waals surface area contributed by atoms with E-state index >= 15 is 0 Å². The average Bonchev–Trinajstić information content (AvgIpc) is 2.28. The first-order chi connectivity index (χ1) is 8.09. The van der Waals surface area contributed by atoms with Crippen LogP contribution in [0.5, 0.6) is 0 Å². The van der Waals surface area contributed by atoms with Crippen molar-refractivity contribution in [3.8, 4) is 0 Å². The molecule has 1 aromatic carbocycles. The van der Waals surface area contributed by atoms with Crippen molar-refractivity contribution in [2.75, 3.05) is 18.0 Å². The highest BCUT2D eigenvalue weighted by molar-refractivity contribution is 5.80. The average molecular weight is 241 g/mol. The molecule has 2 rings (SSSR count). The minimum absolute atomic E-state index is 0.344. The maximum Gasteiger partial charge on any atom is 0.311 e. The largest absolute Gasteiger partial charge is 0.481 e. The summed E-state index contributed by atoms with van der Waals surface area (Å²) >= 11 is 0. The first kappa shape index (κ1) is 11.8. The fourth-order valence-electron chi connectivity index (χ4n) is 2.24. The molecule has 3 nitrogen and oxygen atoms in total. The van der Waals surface area contributed by atoms with Gasteiger partial charge in [-0.15, -0.1) is 0 Å². The van der Waals surface area contributed by atoms with Gasteiger partial charge in [-0.25, -0.2) is 8.78 Å². The fourth-order valence-corrected chi connectivity index (χ4v) is 2.24. The summed E-state index contributed by atoms with van der Waals surface area (Å²) in [6, 6.07) is 6.88. The van der Waals surface area contributed by atoms with Crippen LogP contribution in [-0.4, -0.2) is 30.6 Å². The normalized spacial score (nSPS) is 19.2. The number of aliphatic carboxylic acids is 1. The summed E-state index contributed by atoms with van der Waals surface area (Å²) in [5.41, 5.74) is 1.25. The number of carboxylic acids is 1. The number of para-hydroxylation sites is 1. The van der Waals surface area contributed by atoms with Crippen molar-refractivity contribution in [3.05, 3.63) is 29.8 Å². The predicted octanol–water partition coefficient (Wildman–Crippen LogP) is 2.33. The molecule has 1 atom stereocenters. The molecular weight excluding hydrogens is 228 g/mol. The van der Waals surface area contributed by atoms with Crippen molar-refractivity contribution >= 4 is 11.7 Å². The van der Waals surface area contributed by atoms with Gasteiger partial charge >= 0.3 is 5.97 Å². The number of anilines is 1. The molecule has 0 saturated heterocycles. The standard InChI is InChI=1S/C12H13F2NO2/c13-11(14)7-15-6-5-9(12(16)17)8-3-1-2-4-10(8)15/h1-4,9,11H,5-7H2,(H,16,17). The Kier molecular flexibility index (Phi) is 3.26. The summed E-state index contributed by atoms with van der Waals surface area (Å²) in [4.78, 5) is 12.6. The van der Waals surface area contributed by atoms with Crippen LogP contribution in [-0.2, 0) is 4.79 Å². The zero-order chi connectivity index (χ0) is 12.4. The molecule has 0 saturated carbocycles. The van der Waals surface area contributed by atoms with Crippen LogP contribution < -0.4 is 4.90 Å². The molecule has 1 aromatic rings. The summed E-state index contributed by atoms with van der Waals surface area (Å²) in [6.07, 6.45) is -2.04. The van der Waals surface area contributed by atoms with Gasteiger partial charge in [-0.05, 0) is 18.1 Å². The van der Waals surface area contributed by atoms with E-state index in [1.807, 2.05) is 0 Å². The number of nitrogens with zero attached hydrogens (tertiary/aromatic N) is 1. The molecule has 0 spiro atoms. The van der Waals surface area contributed by atoms with Crippen molar-refractivity contribution in [1.82, 2.24) is 0 Å². The molecule has 5 heteroatoms. The van der Waals surface area contributed by atoms with E-state index in [1.165, 1.54) is 0 Å². The van der Waals surface area contributed by atoms with Crippen LogP contribution in [0, 0.1) is 0 Å². The Morgan fingerprint density at radius 1 is 1.47 bits per heavy atom. The lowest BCUT2D eigenvalue weighted by molar-refractivity contribution is -0.139. The van der Waals surface area contributed by atoms with Gasteiger partial charge in [-0.1, -0.05) is 18.2 Å². The van der Waals surface area contributed by atoms with Crippen molar-refractivity contribution in [3.63, 3.8) is 0 Å². The molecule has 0 fully saturated rings. The Hall–Kier alpha value is -1.65. The molecule has 0 aliphatic carbocycles. The Labute approximate surface area is 97.7 Å². The van der Waals surface area contributed by atoms with E-state index in [0.717, 1.165) is 0 Å². The minimum Gasteiger partial charge on any atom is -0.481 e. The summed E-state index contributed by atoms with van der Waals surface area (Å²) in [6.45, 7) is 0.0155. The number of hydrogen-bond acceptors (Lipinski definition) is 2. The van der Waals surface area contributed by atoms with Crippen LogP contribution in [0.2, 0.25) is 0 Å². The molecule has 0 radical (unpaired) electrons. The quantitative estimate of drug-likeness (QED) is 0.882. The third-order valence-corrected chi connectivity index (χ3v) is 3.00. The van der Waals surface area contributed by atoms with Crippen molar-refractivity contribution in [2.24, 2.45) is 0 Å². The first-order valence-electron chi connectivity index (χ1n) is 5.44. The van der Waals surface area contributed by atoms with Crippen molar-refractivity contribution in [1.29, 1.82) is 0 Å². The zero-order valence-electron chi connectivity index (χ0n) is 9.14. The maximum absolute atomic E-state index is 12.4. The van der Waals surface area contributed by atoms with Crippen LogP contribution in [0.1, 0.15) is 17.9 Å². The van der Waals surface area contributed by atoms with Gasteiger partial charge in [-0.2, -0.15) is 0 Å². The Morgan fingerprint density at radius 2 is 2.18 bits per heavy atom. The van der Waals surface area contributed by atoms with Gasteiger partial charge in [0.25, 0.3) is 6.43 Å². The summed E-state index contributed by atoms with van der Waals surface area (Å²) in [7, 11) is 0. The van der Waals surface area contributed by atoms with Crippen LogP contribution in [0.15, 0.2) is 24.3 Å². The number of carbonyl (C=O) groups is 1. The van der Waals surface area contributed by atoms with Crippen molar-refractivity contribution < 1.29 is 18.7 Å². The lowest BCUT2D eigenvalue weighted by atomic mass is 9.90. The second-order valence-corrected chi connectivity index (χ2v) is 4.08. The zero-order valence-corrected chi connectivity index (χ0v) is 9.14. The van der Waals surface area contributed by atoms with Crippen LogP contribution in [0.25, 0.3) is 0 Å². The molecule has 1 aliphatic rings. The van der Waals surface area contributed by atoms with E-state index in [4.69, 9.17) is 5.11 Å². The van der Waals surface area contributed by atoms with E-state index in [1.54, 1.807) is 29.2 Å². The number of hydrogen-bond donors (Lipinski definition) is 1. The van der Waals surface area contributed by atoms with Gasteiger partial charge in [0.05, 0.1) is 12.5 Å². The van der Waals surface area contributed by atoms with Gasteiger partial charge in [0, 0.05) is 12.2 Å². The predicted molar refractivity (Wildman–Crippen MR) is 59.7 cm³/mol. The van der Waals surface area contributed by atoms with Gasteiger partial charge in [0.1, 0.15) is 0 Å². The SMILES string of the molecule is O=C(O)C1CCN(CC(F)F)c2ccccc21. The number of benzene rings is 1. The molecule has 1 aliphatic heterocycles. The Bertz CT molecular complexity index is 423. The molecule has 17 heavy (non-hydrogen) atoms. The molecular formula is C12H13F2NO2. The number of carboxylic acid groups (broad SMARTS) is 1. The monoisotopic (exact) mass is 241 g/mol. The van der Waals surface area contributed by atoms with Gasteiger partial charge in [0.15, 0.2) is 0 Å². The third-order valence-electron chi connectivity index (χ3n) is 3.00. The van der Waals surface area contributed by atoms with E-state index in [9.17, 15) is 13.6 Å². The highest BCUT2D eigenvalue weighted by atomic mass is 19.3. The van der Waals surface area contributed by atoms with E-state index in [-0.39, 0.29) is 6.54 Å². The summed E-state index contributed by atoms with van der Waals surface area (Å²) in [5.74, 6) is -1.48. The second-order valence-electron chi connectivity index (χ2n) is 4.08. The van der Waals surface area contributed by atoms with Crippen LogP contribution in [0.3, 0.4) is 0 Å². The van der Waals surface area contributed by atoms with Crippen molar-refractivity contribution in [2.45, 2.75) is 18.8 Å². The molecule has 92 valence electrons. The molecule has 1 heterocycles. The van der Waals surface area contributed by atoms with Gasteiger partial charge in [-0.3, -0.25) is 4.79 Å². The topological polar surface area (TPSA) is 40.5 Å². The van der Waals surface area contributed by atoms with Gasteiger partial charge < -0.3 is 10.0 Å². The van der Waals surface area contributed by atoms with E-state index in [0.29, 0.717) is 24.2 Å². The Morgan fingerprint density at radius 3 is 2.82 bits per heavy atom. The number of alkyl halides is 2. The number of rotatable bonds is 3. The second kappa shape index (κ2) is 4.69. The Balaban J connectivity index is 2.33. The minimum atomic E-state index is -2.41. The fraction of sp³-hybridized carbons (Fsp3) is 0.417. The molecule has 0 amide bonds. The lowest BCUT2D eigenvalue weighted by Crippen LogP contribution is -2.36. The highest BCUT2D eigenvalue weighted by Crippen LogP contribution is 2.35. The number of fused-ring (bicyclic) bond motifs is 1. The molecule has 1 unspecified atom stereocenters. The highest BCUT2D eigenvalue weighted by Gasteiger charge is 2.30. The smallest absolute Gasteiger partial charge is 0.311 e. The molecule has 0 aromatic heterocycles. The van der Waals surface area contributed by atoms with E-state index in [2.05, 4.69) is 0 Å². The third kappa shape index (κ3) is 2.38. The summed E-state index contributed by atoms with van der Waals surface area (Å²) in [5, 5.41) is 9.09. The summed E-state index contributed by atoms with van der Waals surface area (Å²) < 4.78 is 24.8. The maximum atomic E-state index is 12.4. The van der Waals surface area contributed by atoms with Crippen LogP contribution >= 0.6 is 0 Å². The van der Waals surface area contributed by atoms with E-state index < -0.39 is 18.3 Å². The van der Waals surface area contributed by atoms with Crippen LogP contribution in [0.4, 0.5) is 14.5 Å². The molecule has 0 bridgehead atoms.